The fraction of sp³-hybridized carbons (Fsp3) is 0.250. The van der Waals surface area contributed by atoms with Gasteiger partial charge in [0.1, 0.15) is 12.0 Å². The minimum Gasteiger partial charge on any atom is -0.468 e. The van der Waals surface area contributed by atoms with Gasteiger partial charge < -0.3 is 15.0 Å². The molecule has 6 nitrogen and oxygen atoms in total. The number of benzene rings is 3. The van der Waals surface area contributed by atoms with E-state index in [1.165, 1.54) is 12.0 Å². The van der Waals surface area contributed by atoms with E-state index in [9.17, 15) is 14.4 Å². The van der Waals surface area contributed by atoms with Crippen LogP contribution in [0.25, 0.3) is 0 Å². The highest BCUT2D eigenvalue weighted by molar-refractivity contribution is 6.31. The zero-order valence-corrected chi connectivity index (χ0v) is 21.3. The van der Waals surface area contributed by atoms with E-state index >= 15 is 0 Å². The van der Waals surface area contributed by atoms with Gasteiger partial charge in [0.15, 0.2) is 0 Å². The van der Waals surface area contributed by atoms with Gasteiger partial charge in [-0.3, -0.25) is 14.4 Å². The van der Waals surface area contributed by atoms with E-state index in [-0.39, 0.29) is 24.8 Å². The van der Waals surface area contributed by atoms with Gasteiger partial charge in [-0.25, -0.2) is 0 Å². The highest BCUT2D eigenvalue weighted by atomic mass is 35.5. The van der Waals surface area contributed by atoms with E-state index in [4.69, 9.17) is 27.9 Å². The molecule has 0 aliphatic carbocycles. The number of amides is 2. The molecule has 3 aromatic rings. The molecule has 1 saturated heterocycles. The summed E-state index contributed by atoms with van der Waals surface area (Å²) in [6.45, 7) is 1.65. The Morgan fingerprint density at radius 3 is 2.53 bits per heavy atom. The lowest BCUT2D eigenvalue weighted by Crippen LogP contribution is -2.59. The number of fused-ring (bicyclic) bond motifs is 2. The van der Waals surface area contributed by atoms with Crippen molar-refractivity contribution < 1.29 is 19.1 Å². The zero-order valence-electron chi connectivity index (χ0n) is 19.8. The van der Waals surface area contributed by atoms with Crippen molar-refractivity contribution in [3.63, 3.8) is 0 Å². The predicted molar refractivity (Wildman–Crippen MR) is 138 cm³/mol. The maximum absolute atomic E-state index is 14.2. The number of nitrogens with one attached hydrogen (secondary N) is 1. The lowest BCUT2D eigenvalue weighted by Gasteiger charge is -2.51. The van der Waals surface area contributed by atoms with Crippen molar-refractivity contribution in [3.05, 3.63) is 99.0 Å². The molecular formula is C28H24Cl2N2O4. The Hall–Kier alpha value is -3.35. The summed E-state index contributed by atoms with van der Waals surface area (Å²) >= 11 is 12.7. The fourth-order valence-corrected chi connectivity index (χ4v) is 6.14. The summed E-state index contributed by atoms with van der Waals surface area (Å²) in [5.41, 5.74) is 2.50. The molecule has 0 unspecified atom stereocenters. The number of nitrogens with zero attached hydrogens (tertiary/aromatic N) is 1. The van der Waals surface area contributed by atoms with Gasteiger partial charge >= 0.3 is 5.97 Å². The standard InChI is InChI=1S/C28H24Cl2N2O4/c1-16-6-3-4-9-20(16)26-28(21-11-10-19(30)13-23(21)31-27(28)35)22(17-7-5-8-18(29)12-17)14-24(33)32(26)15-25(34)36-2/h3-13,22,26H,14-15H2,1-2H3,(H,31,35)/t22-,26+,28-/m0/s1. The summed E-state index contributed by atoms with van der Waals surface area (Å²) in [6.07, 6.45) is 0.00913. The van der Waals surface area contributed by atoms with Gasteiger partial charge in [0.05, 0.1) is 13.2 Å². The number of anilines is 1. The Balaban J connectivity index is 1.86. The first-order valence-corrected chi connectivity index (χ1v) is 12.3. The number of ether oxygens (including phenoxy) is 1. The summed E-state index contributed by atoms with van der Waals surface area (Å²) in [5, 5.41) is 4.02. The molecule has 0 saturated carbocycles. The topological polar surface area (TPSA) is 75.7 Å². The number of hydrogen-bond acceptors (Lipinski definition) is 4. The van der Waals surface area contributed by atoms with Gasteiger partial charge in [-0.15, -0.1) is 0 Å². The molecule has 8 heteroatoms. The number of aryl methyl sites for hydroxylation is 1. The number of rotatable bonds is 4. The molecule has 2 amide bonds. The Labute approximate surface area is 219 Å². The monoisotopic (exact) mass is 522 g/mol. The molecule has 2 aliphatic heterocycles. The second-order valence-electron chi connectivity index (χ2n) is 9.18. The van der Waals surface area contributed by atoms with E-state index in [0.717, 1.165) is 22.3 Å². The average Bonchev–Trinajstić information content (AvgIpc) is 3.13. The number of piperidine rings is 1. The number of carbonyl (C=O) groups is 3. The summed E-state index contributed by atoms with van der Waals surface area (Å²) in [4.78, 5) is 42.0. The summed E-state index contributed by atoms with van der Waals surface area (Å²) < 4.78 is 4.94. The molecular weight excluding hydrogens is 499 g/mol. The number of hydrogen-bond donors (Lipinski definition) is 1. The van der Waals surface area contributed by atoms with E-state index in [1.54, 1.807) is 24.3 Å². The quantitative estimate of drug-likeness (QED) is 0.464. The Bertz CT molecular complexity index is 1390. The van der Waals surface area contributed by atoms with Crippen LogP contribution >= 0.6 is 23.2 Å². The van der Waals surface area contributed by atoms with Crippen molar-refractivity contribution >= 4 is 46.7 Å². The molecule has 2 aliphatic rings. The average molecular weight is 523 g/mol. The van der Waals surface area contributed by atoms with Crippen molar-refractivity contribution in [2.75, 3.05) is 19.0 Å². The number of methoxy groups -OCH3 is 1. The van der Waals surface area contributed by atoms with Crippen LogP contribution in [0.5, 0.6) is 0 Å². The largest absolute Gasteiger partial charge is 0.468 e. The van der Waals surface area contributed by atoms with Crippen molar-refractivity contribution in [2.24, 2.45) is 0 Å². The van der Waals surface area contributed by atoms with Gasteiger partial charge in [-0.2, -0.15) is 0 Å². The third kappa shape index (κ3) is 3.76. The zero-order chi connectivity index (χ0) is 25.6. The van der Waals surface area contributed by atoms with Gasteiger partial charge in [0, 0.05) is 28.1 Å². The lowest BCUT2D eigenvalue weighted by atomic mass is 9.58. The van der Waals surface area contributed by atoms with Crippen LogP contribution in [0.3, 0.4) is 0 Å². The Morgan fingerprint density at radius 1 is 1.06 bits per heavy atom. The fourth-order valence-electron chi connectivity index (χ4n) is 5.77. The van der Waals surface area contributed by atoms with E-state index in [0.29, 0.717) is 15.7 Å². The molecule has 1 N–H and O–H groups in total. The van der Waals surface area contributed by atoms with Crippen LogP contribution in [-0.4, -0.2) is 36.3 Å². The molecule has 2 heterocycles. The second kappa shape index (κ2) is 9.26. The third-order valence-electron chi connectivity index (χ3n) is 7.30. The number of carbonyl (C=O) groups excluding carboxylic acids is 3. The Morgan fingerprint density at radius 2 is 1.81 bits per heavy atom. The van der Waals surface area contributed by atoms with Crippen LogP contribution < -0.4 is 5.32 Å². The number of esters is 1. The highest BCUT2D eigenvalue weighted by Gasteiger charge is 2.63. The molecule has 1 spiro atoms. The normalized spacial score (nSPS) is 22.9. The summed E-state index contributed by atoms with van der Waals surface area (Å²) in [5.74, 6) is -1.63. The smallest absolute Gasteiger partial charge is 0.325 e. The van der Waals surface area contributed by atoms with Gasteiger partial charge in [0.25, 0.3) is 0 Å². The maximum Gasteiger partial charge on any atom is 0.325 e. The third-order valence-corrected chi connectivity index (χ3v) is 7.77. The maximum atomic E-state index is 14.2. The molecule has 3 aromatic carbocycles. The lowest BCUT2D eigenvalue weighted by molar-refractivity contribution is -0.155. The van der Waals surface area contributed by atoms with Gasteiger partial charge in [-0.05, 0) is 53.4 Å². The first kappa shape index (κ1) is 24.3. The van der Waals surface area contributed by atoms with Crippen LogP contribution in [-0.2, 0) is 24.5 Å². The molecule has 0 bridgehead atoms. The molecule has 3 atom stereocenters. The first-order valence-electron chi connectivity index (χ1n) is 11.6. The van der Waals surface area contributed by atoms with Crippen LogP contribution in [0.15, 0.2) is 66.7 Å². The minimum absolute atomic E-state index is 0.00913. The van der Waals surface area contributed by atoms with E-state index in [2.05, 4.69) is 5.32 Å². The van der Waals surface area contributed by atoms with Crippen LogP contribution in [0.4, 0.5) is 5.69 Å². The molecule has 1 fully saturated rings. The highest BCUT2D eigenvalue weighted by Crippen LogP contribution is 2.60. The second-order valence-corrected chi connectivity index (χ2v) is 10.1. The molecule has 5 rings (SSSR count). The van der Waals surface area contributed by atoms with E-state index < -0.39 is 23.3 Å². The van der Waals surface area contributed by atoms with Gasteiger partial charge in [0.2, 0.25) is 11.8 Å². The molecule has 0 radical (unpaired) electrons. The number of likely N-dealkylation sites (tertiary alicyclic amines) is 1. The van der Waals surface area contributed by atoms with Crippen LogP contribution in [0.2, 0.25) is 10.0 Å². The van der Waals surface area contributed by atoms with Crippen LogP contribution in [0, 0.1) is 6.92 Å². The van der Waals surface area contributed by atoms with E-state index in [1.807, 2.05) is 49.4 Å². The first-order chi connectivity index (χ1) is 17.3. The minimum atomic E-state index is -1.25. The SMILES string of the molecule is COC(=O)CN1C(=O)C[C@@H](c2cccc(Cl)c2)[C@]2(C(=O)Nc3cc(Cl)ccc32)[C@H]1c1ccccc1C. The van der Waals surface area contributed by atoms with Crippen molar-refractivity contribution in [1.82, 2.24) is 4.90 Å². The molecule has 184 valence electrons. The van der Waals surface area contributed by atoms with Crippen molar-refractivity contribution in [3.8, 4) is 0 Å². The van der Waals surface area contributed by atoms with Crippen LogP contribution in [0.1, 0.15) is 40.6 Å². The summed E-state index contributed by atoms with van der Waals surface area (Å²) in [7, 11) is 1.28. The molecule has 0 aromatic heterocycles. The number of halogens is 2. The predicted octanol–water partition coefficient (Wildman–Crippen LogP) is 5.42. The van der Waals surface area contributed by atoms with Crippen molar-refractivity contribution in [1.29, 1.82) is 0 Å². The van der Waals surface area contributed by atoms with Gasteiger partial charge in [-0.1, -0.05) is 65.7 Å². The van der Waals surface area contributed by atoms with Crippen molar-refractivity contribution in [2.45, 2.75) is 30.7 Å². The summed E-state index contributed by atoms with van der Waals surface area (Å²) in [6, 6.07) is 19.4. The Kier molecular flexibility index (Phi) is 6.27. The molecule has 36 heavy (non-hydrogen) atoms.